The third-order valence-electron chi connectivity index (χ3n) is 4.48. The van der Waals surface area contributed by atoms with Crippen molar-refractivity contribution in [1.29, 1.82) is 0 Å². The molecular weight excluding hydrogens is 423 g/mol. The summed E-state index contributed by atoms with van der Waals surface area (Å²) in [4.78, 5) is 12.1. The van der Waals surface area contributed by atoms with Crippen LogP contribution in [0.5, 0.6) is 11.5 Å². The number of benzene rings is 2. The number of rotatable bonds is 12. The quantitative estimate of drug-likeness (QED) is 0.228. The highest BCUT2D eigenvalue weighted by atomic mass is 35.5. The SMILES string of the molecule is CCCCCCCCOc1c(Cl)cc(/C=N/NC(=O)c2ccc(Cl)cc2)cc1OC. The molecule has 0 unspecified atom stereocenters. The maximum atomic E-state index is 12.1. The summed E-state index contributed by atoms with van der Waals surface area (Å²) in [6, 6.07) is 10.0. The van der Waals surface area contributed by atoms with Crippen molar-refractivity contribution in [2.75, 3.05) is 13.7 Å². The molecule has 2 aromatic rings. The second-order valence-corrected chi connectivity index (χ2v) is 7.70. The van der Waals surface area contributed by atoms with Gasteiger partial charge in [0.2, 0.25) is 0 Å². The van der Waals surface area contributed by atoms with Gasteiger partial charge in [-0.25, -0.2) is 5.43 Å². The molecule has 30 heavy (non-hydrogen) atoms. The smallest absolute Gasteiger partial charge is 0.271 e. The van der Waals surface area contributed by atoms with Crippen LogP contribution in [0.1, 0.15) is 61.4 Å². The number of hydrogen-bond donors (Lipinski definition) is 1. The number of carbonyl (C=O) groups is 1. The first kappa shape index (κ1) is 24.0. The summed E-state index contributed by atoms with van der Waals surface area (Å²) in [6.07, 6.45) is 8.62. The number of ether oxygens (including phenoxy) is 2. The highest BCUT2D eigenvalue weighted by molar-refractivity contribution is 6.32. The lowest BCUT2D eigenvalue weighted by Gasteiger charge is -2.13. The number of amides is 1. The lowest BCUT2D eigenvalue weighted by Crippen LogP contribution is -2.17. The first-order chi connectivity index (χ1) is 14.5. The largest absolute Gasteiger partial charge is 0.493 e. The third-order valence-corrected chi connectivity index (χ3v) is 5.01. The minimum atomic E-state index is -0.333. The lowest BCUT2D eigenvalue weighted by molar-refractivity contribution is 0.0955. The Bertz CT molecular complexity index is 839. The van der Waals surface area contributed by atoms with Crippen molar-refractivity contribution in [2.24, 2.45) is 5.10 Å². The standard InChI is InChI=1S/C23H28Cl2N2O3/c1-3-4-5-6-7-8-13-30-22-20(25)14-17(15-21(22)29-2)16-26-27-23(28)18-9-11-19(24)12-10-18/h9-12,14-16H,3-8,13H2,1-2H3,(H,27,28)/b26-16+. The van der Waals surface area contributed by atoms with Crippen molar-refractivity contribution in [3.05, 3.63) is 57.6 Å². The van der Waals surface area contributed by atoms with Gasteiger partial charge in [0.05, 0.1) is 25.0 Å². The first-order valence-electron chi connectivity index (χ1n) is 10.1. The van der Waals surface area contributed by atoms with Crippen LogP contribution in [0.25, 0.3) is 0 Å². The molecule has 0 saturated carbocycles. The molecule has 2 rings (SSSR count). The van der Waals surface area contributed by atoms with Gasteiger partial charge in [-0.1, -0.05) is 62.2 Å². The molecule has 0 aliphatic carbocycles. The van der Waals surface area contributed by atoms with Crippen molar-refractivity contribution < 1.29 is 14.3 Å². The normalized spacial score (nSPS) is 10.9. The van der Waals surface area contributed by atoms with Gasteiger partial charge in [0.1, 0.15) is 0 Å². The molecule has 1 N–H and O–H groups in total. The molecule has 0 atom stereocenters. The fourth-order valence-electron chi connectivity index (χ4n) is 2.84. The second kappa shape index (κ2) is 13.1. The Balaban J connectivity index is 1.91. The van der Waals surface area contributed by atoms with Crippen molar-refractivity contribution in [1.82, 2.24) is 5.43 Å². The van der Waals surface area contributed by atoms with Crippen LogP contribution >= 0.6 is 23.2 Å². The Hall–Kier alpha value is -2.24. The Morgan fingerprint density at radius 3 is 2.47 bits per heavy atom. The average molecular weight is 451 g/mol. The molecule has 0 bridgehead atoms. The highest BCUT2D eigenvalue weighted by Crippen LogP contribution is 2.36. The summed E-state index contributed by atoms with van der Waals surface area (Å²) in [6.45, 7) is 2.80. The minimum Gasteiger partial charge on any atom is -0.493 e. The van der Waals surface area contributed by atoms with Crippen LogP contribution in [0.2, 0.25) is 10.0 Å². The number of unbranched alkanes of at least 4 members (excludes halogenated alkanes) is 5. The molecule has 0 radical (unpaired) electrons. The fourth-order valence-corrected chi connectivity index (χ4v) is 3.24. The first-order valence-corrected chi connectivity index (χ1v) is 10.9. The molecule has 2 aromatic carbocycles. The van der Waals surface area contributed by atoms with E-state index in [1.54, 1.807) is 43.5 Å². The van der Waals surface area contributed by atoms with Crippen LogP contribution in [0.4, 0.5) is 0 Å². The van der Waals surface area contributed by atoms with Crippen LogP contribution in [-0.2, 0) is 0 Å². The van der Waals surface area contributed by atoms with Crippen molar-refractivity contribution in [3.63, 3.8) is 0 Å². The topological polar surface area (TPSA) is 59.9 Å². The molecule has 0 aliphatic rings. The number of nitrogens with zero attached hydrogens (tertiary/aromatic N) is 1. The van der Waals surface area contributed by atoms with E-state index >= 15 is 0 Å². The van der Waals surface area contributed by atoms with E-state index in [9.17, 15) is 4.79 Å². The summed E-state index contributed by atoms with van der Waals surface area (Å²) in [5.74, 6) is 0.717. The second-order valence-electron chi connectivity index (χ2n) is 6.86. The van der Waals surface area contributed by atoms with Gasteiger partial charge < -0.3 is 9.47 Å². The summed E-state index contributed by atoms with van der Waals surface area (Å²) >= 11 is 12.2. The van der Waals surface area contributed by atoms with E-state index in [2.05, 4.69) is 17.5 Å². The number of methoxy groups -OCH3 is 1. The maximum Gasteiger partial charge on any atom is 0.271 e. The molecule has 0 heterocycles. The molecule has 1 amide bonds. The van der Waals surface area contributed by atoms with Crippen LogP contribution in [0, 0.1) is 0 Å². The van der Waals surface area contributed by atoms with E-state index in [0.717, 1.165) is 12.8 Å². The molecule has 0 aromatic heterocycles. The highest BCUT2D eigenvalue weighted by Gasteiger charge is 2.12. The fraction of sp³-hybridized carbons (Fsp3) is 0.391. The van der Waals surface area contributed by atoms with Gasteiger partial charge in [-0.2, -0.15) is 5.10 Å². The molecular formula is C23H28Cl2N2O3. The number of carbonyl (C=O) groups excluding carboxylic acids is 1. The van der Waals surface area contributed by atoms with Gasteiger partial charge in [-0.15, -0.1) is 0 Å². The van der Waals surface area contributed by atoms with E-state index in [0.29, 0.717) is 39.3 Å². The van der Waals surface area contributed by atoms with E-state index < -0.39 is 0 Å². The lowest BCUT2D eigenvalue weighted by atomic mass is 10.1. The number of hydrogen-bond acceptors (Lipinski definition) is 4. The van der Waals surface area contributed by atoms with Crippen molar-refractivity contribution in [2.45, 2.75) is 45.4 Å². The van der Waals surface area contributed by atoms with Crippen LogP contribution in [-0.4, -0.2) is 25.8 Å². The molecule has 0 saturated heterocycles. The third kappa shape index (κ3) is 7.88. The Morgan fingerprint density at radius 2 is 1.77 bits per heavy atom. The van der Waals surface area contributed by atoms with Gasteiger partial charge in [0, 0.05) is 10.6 Å². The zero-order chi connectivity index (χ0) is 21.8. The molecule has 0 spiro atoms. The van der Waals surface area contributed by atoms with Crippen LogP contribution in [0.3, 0.4) is 0 Å². The zero-order valence-electron chi connectivity index (χ0n) is 17.4. The van der Waals surface area contributed by atoms with Gasteiger partial charge in [0.25, 0.3) is 5.91 Å². The Morgan fingerprint density at radius 1 is 1.07 bits per heavy atom. The van der Waals surface area contributed by atoms with Gasteiger partial charge in [-0.3, -0.25) is 4.79 Å². The summed E-state index contributed by atoms with van der Waals surface area (Å²) < 4.78 is 11.3. The molecule has 7 heteroatoms. The van der Waals surface area contributed by atoms with Gasteiger partial charge in [-0.05, 0) is 48.4 Å². The van der Waals surface area contributed by atoms with Crippen LogP contribution < -0.4 is 14.9 Å². The Kier molecular flexibility index (Phi) is 10.5. The monoisotopic (exact) mass is 450 g/mol. The Labute approximate surface area is 188 Å². The molecule has 162 valence electrons. The van der Waals surface area contributed by atoms with Gasteiger partial charge >= 0.3 is 0 Å². The van der Waals surface area contributed by atoms with E-state index in [-0.39, 0.29) is 5.91 Å². The number of hydrazone groups is 1. The number of halogens is 2. The van der Waals surface area contributed by atoms with E-state index in [1.807, 2.05) is 0 Å². The van der Waals surface area contributed by atoms with Crippen LogP contribution in [0.15, 0.2) is 41.5 Å². The minimum absolute atomic E-state index is 0.333. The summed E-state index contributed by atoms with van der Waals surface area (Å²) in [5.41, 5.74) is 3.62. The molecule has 0 fully saturated rings. The average Bonchev–Trinajstić information content (AvgIpc) is 2.74. The zero-order valence-corrected chi connectivity index (χ0v) is 18.9. The van der Waals surface area contributed by atoms with E-state index in [4.69, 9.17) is 32.7 Å². The van der Waals surface area contributed by atoms with Gasteiger partial charge in [0.15, 0.2) is 11.5 Å². The molecule has 0 aliphatic heterocycles. The number of nitrogens with one attached hydrogen (secondary N) is 1. The predicted octanol–water partition coefficient (Wildman–Crippen LogP) is 6.51. The maximum absolute atomic E-state index is 12.1. The summed E-state index contributed by atoms with van der Waals surface area (Å²) in [5, 5.41) is 4.99. The predicted molar refractivity (Wildman–Crippen MR) is 123 cm³/mol. The van der Waals surface area contributed by atoms with Crippen molar-refractivity contribution >= 4 is 35.3 Å². The van der Waals surface area contributed by atoms with E-state index in [1.165, 1.54) is 31.9 Å². The van der Waals surface area contributed by atoms with Crippen molar-refractivity contribution in [3.8, 4) is 11.5 Å². The molecule has 5 nitrogen and oxygen atoms in total. The summed E-state index contributed by atoms with van der Waals surface area (Å²) in [7, 11) is 1.56.